The van der Waals surface area contributed by atoms with Gasteiger partial charge in [-0.25, -0.2) is 14.6 Å². The molecule has 0 bridgehead atoms. The zero-order chi connectivity index (χ0) is 15.7. The quantitative estimate of drug-likeness (QED) is 0.859. The molecular formula is C14H16N6O2. The number of carbonyl (C=O) groups excluding carboxylic acids is 2. The number of nitrogens with one attached hydrogen (secondary N) is 2. The summed E-state index contributed by atoms with van der Waals surface area (Å²) in [7, 11) is 0. The van der Waals surface area contributed by atoms with Crippen LogP contribution in [0.4, 0.5) is 5.82 Å². The molecule has 2 aromatic rings. The number of aryl methyl sites for hydroxylation is 2. The van der Waals surface area contributed by atoms with Gasteiger partial charge in [0.15, 0.2) is 5.82 Å². The van der Waals surface area contributed by atoms with Gasteiger partial charge in [0.2, 0.25) is 11.8 Å². The molecule has 1 atom stereocenters. The molecule has 0 saturated carbocycles. The zero-order valence-corrected chi connectivity index (χ0v) is 12.3. The van der Waals surface area contributed by atoms with Crippen LogP contribution in [0.2, 0.25) is 0 Å². The van der Waals surface area contributed by atoms with Gasteiger partial charge in [0.25, 0.3) is 0 Å². The van der Waals surface area contributed by atoms with Crippen molar-refractivity contribution in [3.05, 3.63) is 29.8 Å². The SMILES string of the molecule is Cc1cc(C)n(-c2cc(NC(=O)C3CCC(=O)N3)ncn2)n1. The third-order valence-electron chi connectivity index (χ3n) is 3.44. The lowest BCUT2D eigenvalue weighted by molar-refractivity contribution is -0.122. The van der Waals surface area contributed by atoms with Gasteiger partial charge in [0, 0.05) is 18.2 Å². The number of carbonyl (C=O) groups is 2. The van der Waals surface area contributed by atoms with Crippen molar-refractivity contribution in [1.82, 2.24) is 25.1 Å². The Morgan fingerprint density at radius 3 is 2.82 bits per heavy atom. The van der Waals surface area contributed by atoms with E-state index in [-0.39, 0.29) is 11.8 Å². The third kappa shape index (κ3) is 2.80. The summed E-state index contributed by atoms with van der Waals surface area (Å²) in [6.07, 6.45) is 2.24. The third-order valence-corrected chi connectivity index (χ3v) is 3.44. The second-order valence-electron chi connectivity index (χ2n) is 5.25. The number of nitrogens with zero attached hydrogens (tertiary/aromatic N) is 4. The first kappa shape index (κ1) is 14.2. The van der Waals surface area contributed by atoms with Crippen LogP contribution in [0.15, 0.2) is 18.5 Å². The van der Waals surface area contributed by atoms with E-state index in [0.29, 0.717) is 24.5 Å². The molecule has 2 amide bonds. The van der Waals surface area contributed by atoms with Crippen molar-refractivity contribution in [2.24, 2.45) is 0 Å². The molecule has 22 heavy (non-hydrogen) atoms. The van der Waals surface area contributed by atoms with Gasteiger partial charge in [-0.2, -0.15) is 5.10 Å². The van der Waals surface area contributed by atoms with E-state index in [0.717, 1.165) is 11.4 Å². The number of hydrogen-bond acceptors (Lipinski definition) is 5. The van der Waals surface area contributed by atoms with Crippen molar-refractivity contribution in [2.45, 2.75) is 32.7 Å². The highest BCUT2D eigenvalue weighted by Gasteiger charge is 2.27. The highest BCUT2D eigenvalue weighted by molar-refractivity contribution is 5.98. The van der Waals surface area contributed by atoms with Crippen LogP contribution in [0.1, 0.15) is 24.2 Å². The van der Waals surface area contributed by atoms with Crippen LogP contribution in [-0.2, 0) is 9.59 Å². The molecule has 1 aliphatic rings. The van der Waals surface area contributed by atoms with E-state index in [1.165, 1.54) is 6.33 Å². The summed E-state index contributed by atoms with van der Waals surface area (Å²) in [5.74, 6) is 0.574. The van der Waals surface area contributed by atoms with Crippen molar-refractivity contribution >= 4 is 17.6 Å². The van der Waals surface area contributed by atoms with E-state index in [1.54, 1.807) is 10.7 Å². The zero-order valence-electron chi connectivity index (χ0n) is 12.3. The summed E-state index contributed by atoms with van der Waals surface area (Å²) >= 11 is 0. The first-order valence-electron chi connectivity index (χ1n) is 6.99. The largest absolute Gasteiger partial charge is 0.344 e. The molecule has 2 N–H and O–H groups in total. The van der Waals surface area contributed by atoms with Crippen molar-refractivity contribution in [3.63, 3.8) is 0 Å². The fraction of sp³-hybridized carbons (Fsp3) is 0.357. The van der Waals surface area contributed by atoms with E-state index in [4.69, 9.17) is 0 Å². The van der Waals surface area contributed by atoms with Gasteiger partial charge in [-0.1, -0.05) is 0 Å². The van der Waals surface area contributed by atoms with Crippen molar-refractivity contribution in [3.8, 4) is 5.82 Å². The summed E-state index contributed by atoms with van der Waals surface area (Å²) < 4.78 is 1.68. The Bertz CT molecular complexity index is 739. The average Bonchev–Trinajstić information content (AvgIpc) is 3.05. The number of aromatic nitrogens is 4. The van der Waals surface area contributed by atoms with Crippen molar-refractivity contribution < 1.29 is 9.59 Å². The molecule has 114 valence electrons. The second-order valence-corrected chi connectivity index (χ2v) is 5.25. The van der Waals surface area contributed by atoms with E-state index in [1.807, 2.05) is 19.9 Å². The Morgan fingerprint density at radius 2 is 2.18 bits per heavy atom. The molecule has 1 saturated heterocycles. The molecular weight excluding hydrogens is 284 g/mol. The summed E-state index contributed by atoms with van der Waals surface area (Å²) in [6, 6.07) is 3.09. The Balaban J connectivity index is 1.78. The Morgan fingerprint density at radius 1 is 1.36 bits per heavy atom. The minimum Gasteiger partial charge on any atom is -0.344 e. The molecule has 0 aliphatic carbocycles. The van der Waals surface area contributed by atoms with Crippen molar-refractivity contribution in [2.75, 3.05) is 5.32 Å². The minimum absolute atomic E-state index is 0.105. The van der Waals surface area contributed by atoms with Gasteiger partial charge in [0.05, 0.1) is 5.69 Å². The normalized spacial score (nSPS) is 17.4. The van der Waals surface area contributed by atoms with Gasteiger partial charge >= 0.3 is 0 Å². The molecule has 8 heteroatoms. The molecule has 3 heterocycles. The number of amides is 2. The summed E-state index contributed by atoms with van der Waals surface area (Å²) in [4.78, 5) is 31.4. The molecule has 0 radical (unpaired) electrons. The fourth-order valence-electron chi connectivity index (χ4n) is 2.42. The van der Waals surface area contributed by atoms with Crippen LogP contribution in [0.3, 0.4) is 0 Å². The van der Waals surface area contributed by atoms with Crippen LogP contribution < -0.4 is 10.6 Å². The predicted octanol–water partition coefficient (Wildman–Crippen LogP) is 0.496. The van der Waals surface area contributed by atoms with Crippen LogP contribution in [0.25, 0.3) is 5.82 Å². The van der Waals surface area contributed by atoms with Gasteiger partial charge in [-0.05, 0) is 26.3 Å². The lowest BCUT2D eigenvalue weighted by Gasteiger charge is -2.11. The first-order valence-corrected chi connectivity index (χ1v) is 6.99. The first-order chi connectivity index (χ1) is 10.5. The second kappa shape index (κ2) is 5.55. The lowest BCUT2D eigenvalue weighted by Crippen LogP contribution is -2.37. The highest BCUT2D eigenvalue weighted by atomic mass is 16.2. The van der Waals surface area contributed by atoms with Crippen molar-refractivity contribution in [1.29, 1.82) is 0 Å². The smallest absolute Gasteiger partial charge is 0.248 e. The van der Waals surface area contributed by atoms with E-state index < -0.39 is 6.04 Å². The maximum atomic E-state index is 12.1. The summed E-state index contributed by atoms with van der Waals surface area (Å²) in [5.41, 5.74) is 1.83. The van der Waals surface area contributed by atoms with Crippen LogP contribution >= 0.6 is 0 Å². The maximum Gasteiger partial charge on any atom is 0.248 e. The maximum absolute atomic E-state index is 12.1. The molecule has 2 aromatic heterocycles. The monoisotopic (exact) mass is 300 g/mol. The highest BCUT2D eigenvalue weighted by Crippen LogP contribution is 2.14. The molecule has 1 fully saturated rings. The number of hydrogen-bond donors (Lipinski definition) is 2. The Hall–Kier alpha value is -2.77. The Labute approximate surface area is 127 Å². The topological polar surface area (TPSA) is 102 Å². The van der Waals surface area contributed by atoms with E-state index >= 15 is 0 Å². The lowest BCUT2D eigenvalue weighted by atomic mass is 10.2. The number of anilines is 1. The molecule has 0 spiro atoms. The molecule has 3 rings (SSSR count). The van der Waals surface area contributed by atoms with Gasteiger partial charge in [-0.3, -0.25) is 9.59 Å². The van der Waals surface area contributed by atoms with Crippen LogP contribution in [0.5, 0.6) is 0 Å². The van der Waals surface area contributed by atoms with Gasteiger partial charge < -0.3 is 10.6 Å². The van der Waals surface area contributed by atoms with E-state index in [2.05, 4.69) is 25.7 Å². The number of rotatable bonds is 3. The predicted molar refractivity (Wildman–Crippen MR) is 78.4 cm³/mol. The molecule has 0 aromatic carbocycles. The Kier molecular flexibility index (Phi) is 3.58. The summed E-state index contributed by atoms with van der Waals surface area (Å²) in [5, 5.41) is 9.66. The van der Waals surface area contributed by atoms with Gasteiger partial charge in [-0.15, -0.1) is 0 Å². The van der Waals surface area contributed by atoms with Gasteiger partial charge in [0.1, 0.15) is 18.2 Å². The molecule has 1 unspecified atom stereocenters. The average molecular weight is 300 g/mol. The summed E-state index contributed by atoms with van der Waals surface area (Å²) in [6.45, 7) is 3.82. The fourth-order valence-corrected chi connectivity index (χ4v) is 2.42. The minimum atomic E-state index is -0.500. The van der Waals surface area contributed by atoms with Crippen LogP contribution in [0, 0.1) is 13.8 Å². The van der Waals surface area contributed by atoms with Crippen LogP contribution in [-0.4, -0.2) is 37.6 Å². The standard InChI is InChI=1S/C14H16N6O2/c1-8-5-9(2)20(19-8)12-6-11(15-7-16-12)18-14(22)10-3-4-13(21)17-10/h5-7,10H,3-4H2,1-2H3,(H,17,21)(H,15,16,18,22). The molecule has 1 aliphatic heterocycles. The van der Waals surface area contributed by atoms with E-state index in [9.17, 15) is 9.59 Å². The molecule has 8 nitrogen and oxygen atoms in total.